The summed E-state index contributed by atoms with van der Waals surface area (Å²) in [6.45, 7) is 14.9. The van der Waals surface area contributed by atoms with Crippen molar-refractivity contribution in [2.24, 2.45) is 0 Å². The van der Waals surface area contributed by atoms with E-state index in [-0.39, 0.29) is 0 Å². The Morgan fingerprint density at radius 1 is 1.33 bits per heavy atom. The third kappa shape index (κ3) is 7.57. The summed E-state index contributed by atoms with van der Waals surface area (Å²) in [7, 11) is 2.18. The molecule has 90 valence electrons. The number of rotatable bonds is 8. The number of nitrogens with zero attached hydrogens (tertiary/aromatic N) is 1. The largest absolute Gasteiger partial charge is 0.311 e. The van der Waals surface area contributed by atoms with E-state index in [9.17, 15) is 0 Å². The average Bonchev–Trinajstić information content (AvgIpc) is 2.15. The molecule has 0 heterocycles. The fourth-order valence-electron chi connectivity index (χ4n) is 1.55. The lowest BCUT2D eigenvalue weighted by atomic mass is 10.1. The van der Waals surface area contributed by atoms with Crippen LogP contribution in [0.3, 0.4) is 0 Å². The molecule has 0 rings (SSSR count). The minimum atomic E-state index is 0.542. The summed E-state index contributed by atoms with van der Waals surface area (Å²) in [6, 6.07) is 1.20. The number of hydrogen-bond acceptors (Lipinski definition) is 2. The van der Waals surface area contributed by atoms with E-state index in [2.05, 4.69) is 51.5 Å². The number of likely N-dealkylation sites (N-methyl/N-ethyl adjacent to an activating group) is 1. The Morgan fingerprint density at radius 3 is 2.40 bits per heavy atom. The molecule has 0 spiro atoms. The van der Waals surface area contributed by atoms with Crippen molar-refractivity contribution in [2.75, 3.05) is 20.1 Å². The van der Waals surface area contributed by atoms with Crippen LogP contribution in [0.25, 0.3) is 0 Å². The molecule has 1 unspecified atom stereocenters. The van der Waals surface area contributed by atoms with E-state index in [0.717, 1.165) is 13.1 Å². The zero-order valence-corrected chi connectivity index (χ0v) is 11.1. The second-order valence-corrected chi connectivity index (χ2v) is 4.84. The van der Waals surface area contributed by atoms with Gasteiger partial charge in [-0.2, -0.15) is 0 Å². The Morgan fingerprint density at radius 2 is 1.93 bits per heavy atom. The smallest absolute Gasteiger partial charge is 0.0202 e. The predicted molar refractivity (Wildman–Crippen MR) is 69.3 cm³/mol. The summed E-state index contributed by atoms with van der Waals surface area (Å²) in [5.74, 6) is 0. The fourth-order valence-corrected chi connectivity index (χ4v) is 1.55. The third-order valence-electron chi connectivity index (χ3n) is 2.69. The molecule has 0 fully saturated rings. The molecule has 0 bridgehead atoms. The summed E-state index contributed by atoms with van der Waals surface area (Å²) in [4.78, 5) is 2.38. The van der Waals surface area contributed by atoms with Gasteiger partial charge in [-0.25, -0.2) is 0 Å². The summed E-state index contributed by atoms with van der Waals surface area (Å²) < 4.78 is 0. The van der Waals surface area contributed by atoms with E-state index in [1.54, 1.807) is 0 Å². The minimum absolute atomic E-state index is 0.542. The van der Waals surface area contributed by atoms with Crippen LogP contribution in [0.5, 0.6) is 0 Å². The van der Waals surface area contributed by atoms with Gasteiger partial charge in [0, 0.05) is 25.2 Å². The van der Waals surface area contributed by atoms with E-state index in [1.807, 2.05) is 0 Å². The van der Waals surface area contributed by atoms with Gasteiger partial charge in [0.1, 0.15) is 0 Å². The van der Waals surface area contributed by atoms with Gasteiger partial charge in [0.15, 0.2) is 0 Å². The molecule has 1 N–H and O–H groups in total. The van der Waals surface area contributed by atoms with E-state index >= 15 is 0 Å². The van der Waals surface area contributed by atoms with Crippen molar-refractivity contribution in [1.82, 2.24) is 10.2 Å². The van der Waals surface area contributed by atoms with Gasteiger partial charge >= 0.3 is 0 Å². The number of nitrogens with one attached hydrogen (secondary N) is 1. The molecule has 0 saturated carbocycles. The first-order valence-corrected chi connectivity index (χ1v) is 6.07. The second kappa shape index (κ2) is 7.89. The highest BCUT2D eigenvalue weighted by Gasteiger charge is 2.08. The maximum Gasteiger partial charge on any atom is 0.0202 e. The maximum absolute atomic E-state index is 4.10. The van der Waals surface area contributed by atoms with Crippen LogP contribution in [-0.4, -0.2) is 37.1 Å². The van der Waals surface area contributed by atoms with Gasteiger partial charge in [0.05, 0.1) is 0 Å². The lowest BCUT2D eigenvalue weighted by molar-refractivity contribution is 0.262. The Hall–Kier alpha value is -0.340. The van der Waals surface area contributed by atoms with Gasteiger partial charge in [-0.15, -0.1) is 0 Å². The highest BCUT2D eigenvalue weighted by atomic mass is 15.1. The van der Waals surface area contributed by atoms with Crippen molar-refractivity contribution >= 4 is 0 Å². The van der Waals surface area contributed by atoms with Gasteiger partial charge in [0.25, 0.3) is 0 Å². The molecular weight excluding hydrogens is 184 g/mol. The summed E-state index contributed by atoms with van der Waals surface area (Å²) in [5.41, 5.74) is 1.27. The molecule has 0 aromatic rings. The third-order valence-corrected chi connectivity index (χ3v) is 2.69. The molecule has 1 atom stereocenters. The molecule has 0 amide bonds. The topological polar surface area (TPSA) is 15.3 Å². The van der Waals surface area contributed by atoms with Crippen LogP contribution < -0.4 is 5.32 Å². The van der Waals surface area contributed by atoms with Crippen LogP contribution in [0, 0.1) is 0 Å². The van der Waals surface area contributed by atoms with Crippen LogP contribution in [0.2, 0.25) is 0 Å². The Labute approximate surface area is 95.7 Å². The van der Waals surface area contributed by atoms with Crippen LogP contribution >= 0.6 is 0 Å². The van der Waals surface area contributed by atoms with Gasteiger partial charge in [-0.3, -0.25) is 4.90 Å². The minimum Gasteiger partial charge on any atom is -0.311 e. The lowest BCUT2D eigenvalue weighted by Crippen LogP contribution is -2.34. The van der Waals surface area contributed by atoms with Crippen LogP contribution in [0.4, 0.5) is 0 Å². The molecule has 15 heavy (non-hydrogen) atoms. The average molecular weight is 212 g/mol. The van der Waals surface area contributed by atoms with E-state index in [4.69, 9.17) is 0 Å². The molecule has 0 aliphatic heterocycles. The molecule has 2 nitrogen and oxygen atoms in total. The van der Waals surface area contributed by atoms with Crippen molar-refractivity contribution in [3.05, 3.63) is 12.2 Å². The van der Waals surface area contributed by atoms with Crippen molar-refractivity contribution < 1.29 is 0 Å². The van der Waals surface area contributed by atoms with E-state index < -0.39 is 0 Å². The first kappa shape index (κ1) is 14.7. The molecule has 0 aliphatic carbocycles. The molecule has 0 radical (unpaired) electrons. The summed E-state index contributed by atoms with van der Waals surface area (Å²) >= 11 is 0. The SMILES string of the molecule is C=C(CNC(C)C)CN(C)C(C)CCC. The highest BCUT2D eigenvalue weighted by molar-refractivity contribution is 5.00. The van der Waals surface area contributed by atoms with Crippen molar-refractivity contribution in [1.29, 1.82) is 0 Å². The quantitative estimate of drug-likeness (QED) is 0.622. The van der Waals surface area contributed by atoms with Crippen LogP contribution in [-0.2, 0) is 0 Å². The van der Waals surface area contributed by atoms with Gasteiger partial charge in [0.2, 0.25) is 0 Å². The van der Waals surface area contributed by atoms with Crippen molar-refractivity contribution in [2.45, 2.75) is 52.6 Å². The van der Waals surface area contributed by atoms with Crippen LogP contribution in [0.1, 0.15) is 40.5 Å². The first-order chi connectivity index (χ1) is 6.97. The molecular formula is C13H28N2. The van der Waals surface area contributed by atoms with E-state index in [1.165, 1.54) is 18.4 Å². The number of hydrogen-bond donors (Lipinski definition) is 1. The standard InChI is InChI=1S/C13H28N2/c1-7-8-13(5)15(6)10-12(4)9-14-11(2)3/h11,13-14H,4,7-10H2,1-3,5-6H3. The molecule has 0 aromatic heterocycles. The normalized spacial score (nSPS) is 13.5. The summed E-state index contributed by atoms with van der Waals surface area (Å²) in [6.07, 6.45) is 2.52. The Bertz CT molecular complexity index is 175. The fraction of sp³-hybridized carbons (Fsp3) is 0.846. The van der Waals surface area contributed by atoms with Gasteiger partial charge in [-0.1, -0.05) is 33.8 Å². The van der Waals surface area contributed by atoms with Gasteiger partial charge < -0.3 is 5.32 Å². The molecule has 0 saturated heterocycles. The first-order valence-electron chi connectivity index (χ1n) is 6.07. The molecule has 2 heteroatoms. The second-order valence-electron chi connectivity index (χ2n) is 4.84. The molecule has 0 aliphatic rings. The predicted octanol–water partition coefficient (Wildman–Crippen LogP) is 2.66. The van der Waals surface area contributed by atoms with Crippen molar-refractivity contribution in [3.8, 4) is 0 Å². The monoisotopic (exact) mass is 212 g/mol. The van der Waals surface area contributed by atoms with E-state index in [0.29, 0.717) is 12.1 Å². The highest BCUT2D eigenvalue weighted by Crippen LogP contribution is 2.05. The van der Waals surface area contributed by atoms with Gasteiger partial charge in [-0.05, 0) is 26.0 Å². The van der Waals surface area contributed by atoms with Crippen LogP contribution in [0.15, 0.2) is 12.2 Å². The lowest BCUT2D eigenvalue weighted by Gasteiger charge is -2.25. The Kier molecular flexibility index (Phi) is 7.71. The zero-order chi connectivity index (χ0) is 11.8. The van der Waals surface area contributed by atoms with Crippen molar-refractivity contribution in [3.63, 3.8) is 0 Å². The maximum atomic E-state index is 4.10. The Balaban J connectivity index is 3.75. The summed E-state index contributed by atoms with van der Waals surface area (Å²) in [5, 5.41) is 3.40. The molecule has 0 aromatic carbocycles. The zero-order valence-electron chi connectivity index (χ0n) is 11.1.